The predicted molar refractivity (Wildman–Crippen MR) is 123 cm³/mol. The van der Waals surface area contributed by atoms with E-state index in [4.69, 9.17) is 27.2 Å². The number of benzene rings is 1. The van der Waals surface area contributed by atoms with Crippen molar-refractivity contribution in [2.75, 3.05) is 24.2 Å². The third-order valence-corrected chi connectivity index (χ3v) is 4.93. The van der Waals surface area contributed by atoms with Crippen LogP contribution in [0.3, 0.4) is 0 Å². The van der Waals surface area contributed by atoms with Gasteiger partial charge in [0.1, 0.15) is 11.4 Å². The number of nitrogens with one attached hydrogen (secondary N) is 1. The van der Waals surface area contributed by atoms with Crippen LogP contribution in [-0.4, -0.2) is 40.3 Å². The van der Waals surface area contributed by atoms with E-state index in [1.807, 2.05) is 0 Å². The molecular weight excluding hydrogens is 416 g/mol. The summed E-state index contributed by atoms with van der Waals surface area (Å²) in [6, 6.07) is 6.96. The van der Waals surface area contributed by atoms with Gasteiger partial charge >= 0.3 is 5.97 Å². The molecule has 0 aliphatic heterocycles. The molecule has 31 heavy (non-hydrogen) atoms. The van der Waals surface area contributed by atoms with Crippen LogP contribution in [0.1, 0.15) is 61.5 Å². The van der Waals surface area contributed by atoms with E-state index in [-0.39, 0.29) is 23.8 Å². The lowest BCUT2D eigenvalue weighted by Crippen LogP contribution is -2.13. The topological polar surface area (TPSA) is 110 Å². The normalized spacial score (nSPS) is 11.5. The maximum absolute atomic E-state index is 12.4. The van der Waals surface area contributed by atoms with E-state index in [1.54, 1.807) is 38.1 Å². The average molecular weight is 445 g/mol. The van der Waals surface area contributed by atoms with Gasteiger partial charge in [-0.3, -0.25) is 0 Å². The Labute approximate surface area is 188 Å². The van der Waals surface area contributed by atoms with Crippen molar-refractivity contribution in [2.24, 2.45) is 5.92 Å². The van der Waals surface area contributed by atoms with Crippen LogP contribution in [0, 0.1) is 17.8 Å². The van der Waals surface area contributed by atoms with E-state index in [0.29, 0.717) is 35.0 Å². The Kier molecular flexibility index (Phi) is 9.57. The summed E-state index contributed by atoms with van der Waals surface area (Å²) in [5.74, 6) is 6.41. The number of esters is 1. The maximum Gasteiger partial charge on any atom is 0.339 e. The fraction of sp³-hybridized carbons (Fsp3) is 0.435. The number of aromatic nitrogens is 2. The third-order valence-electron chi connectivity index (χ3n) is 4.65. The van der Waals surface area contributed by atoms with Crippen molar-refractivity contribution in [3.05, 3.63) is 46.1 Å². The molecule has 0 aliphatic carbocycles. The number of anilines is 2. The highest BCUT2D eigenvalue weighted by molar-refractivity contribution is 6.31. The molecule has 1 aromatic heterocycles. The number of hydrogen-bond acceptors (Lipinski definition) is 7. The number of hydrogen-bond donors (Lipinski definition) is 3. The third kappa shape index (κ3) is 7.42. The monoisotopic (exact) mass is 444 g/mol. The van der Waals surface area contributed by atoms with Crippen molar-refractivity contribution in [1.29, 1.82) is 0 Å². The number of aliphatic hydroxyl groups is 1. The molecule has 0 amide bonds. The van der Waals surface area contributed by atoms with Gasteiger partial charge < -0.3 is 20.9 Å². The van der Waals surface area contributed by atoms with Crippen molar-refractivity contribution in [3.8, 4) is 11.8 Å². The van der Waals surface area contributed by atoms with Gasteiger partial charge in [0.15, 0.2) is 5.15 Å². The number of aliphatic hydroxyl groups excluding tert-OH is 1. The summed E-state index contributed by atoms with van der Waals surface area (Å²) >= 11 is 6.29. The second kappa shape index (κ2) is 12.1. The van der Waals surface area contributed by atoms with Gasteiger partial charge in [-0.25, -0.2) is 4.79 Å². The van der Waals surface area contributed by atoms with Crippen molar-refractivity contribution >= 4 is 29.3 Å². The van der Waals surface area contributed by atoms with Gasteiger partial charge in [0.25, 0.3) is 0 Å². The molecule has 1 heterocycles. The molecule has 0 fully saturated rings. The lowest BCUT2D eigenvalue weighted by molar-refractivity contribution is 0.0377. The van der Waals surface area contributed by atoms with Crippen molar-refractivity contribution < 1.29 is 14.6 Å². The highest BCUT2D eigenvalue weighted by Gasteiger charge is 2.14. The van der Waals surface area contributed by atoms with Gasteiger partial charge in [-0.2, -0.15) is 9.97 Å². The van der Waals surface area contributed by atoms with Crippen LogP contribution in [0.25, 0.3) is 0 Å². The largest absolute Gasteiger partial charge is 0.459 e. The van der Waals surface area contributed by atoms with E-state index >= 15 is 0 Å². The average Bonchev–Trinajstić information content (AvgIpc) is 2.72. The van der Waals surface area contributed by atoms with Crippen LogP contribution in [0.5, 0.6) is 0 Å². The number of carbonyl (C=O) groups is 1. The molecule has 2 aromatic rings. The minimum atomic E-state index is -0.438. The summed E-state index contributed by atoms with van der Waals surface area (Å²) in [4.78, 5) is 20.6. The SMILES string of the molecule is CCC(CCO)CCNc1nc(N)nc(Cl)c1C#Cc1ccccc1C(=O)OC(C)C. The summed E-state index contributed by atoms with van der Waals surface area (Å²) in [5.41, 5.74) is 7.05. The Morgan fingerprint density at radius 1 is 1.26 bits per heavy atom. The Balaban J connectivity index is 2.29. The zero-order valence-corrected chi connectivity index (χ0v) is 18.9. The first-order chi connectivity index (χ1) is 14.8. The molecule has 7 nitrogen and oxygen atoms in total. The molecule has 8 heteroatoms. The highest BCUT2D eigenvalue weighted by atomic mass is 35.5. The molecule has 0 saturated heterocycles. The van der Waals surface area contributed by atoms with E-state index in [2.05, 4.69) is 34.0 Å². The van der Waals surface area contributed by atoms with Gasteiger partial charge in [-0.1, -0.05) is 48.9 Å². The molecule has 0 spiro atoms. The van der Waals surface area contributed by atoms with Crippen molar-refractivity contribution in [3.63, 3.8) is 0 Å². The first-order valence-electron chi connectivity index (χ1n) is 10.3. The van der Waals surface area contributed by atoms with Gasteiger partial charge in [0.2, 0.25) is 5.95 Å². The quantitative estimate of drug-likeness (QED) is 0.305. The van der Waals surface area contributed by atoms with Gasteiger partial charge in [0, 0.05) is 18.7 Å². The summed E-state index contributed by atoms with van der Waals surface area (Å²) in [5, 5.41) is 12.5. The van der Waals surface area contributed by atoms with E-state index in [1.165, 1.54) is 0 Å². The van der Waals surface area contributed by atoms with Crippen LogP contribution in [0.4, 0.5) is 11.8 Å². The van der Waals surface area contributed by atoms with Crippen LogP contribution in [0.2, 0.25) is 5.15 Å². The molecule has 1 atom stereocenters. The number of nitrogen functional groups attached to an aromatic ring is 1. The van der Waals surface area contributed by atoms with Crippen molar-refractivity contribution in [2.45, 2.75) is 46.1 Å². The number of carbonyl (C=O) groups excluding carboxylic acids is 1. The van der Waals surface area contributed by atoms with Gasteiger partial charge in [0.05, 0.1) is 11.7 Å². The Morgan fingerprint density at radius 2 is 2.00 bits per heavy atom. The van der Waals surface area contributed by atoms with Gasteiger partial charge in [-0.15, -0.1) is 0 Å². The Hall–Kier alpha value is -2.82. The van der Waals surface area contributed by atoms with E-state index in [0.717, 1.165) is 19.3 Å². The second-order valence-corrected chi connectivity index (χ2v) is 7.71. The molecule has 166 valence electrons. The summed E-state index contributed by atoms with van der Waals surface area (Å²) in [6.07, 6.45) is 2.35. The van der Waals surface area contributed by atoms with Crippen LogP contribution >= 0.6 is 11.6 Å². The molecule has 0 aliphatic rings. The summed E-state index contributed by atoms with van der Waals surface area (Å²) < 4.78 is 5.29. The minimum Gasteiger partial charge on any atom is -0.459 e. The molecular formula is C23H29ClN4O3. The Bertz CT molecular complexity index is 954. The molecule has 2 rings (SSSR count). The van der Waals surface area contributed by atoms with Crippen LogP contribution in [0.15, 0.2) is 24.3 Å². The number of nitrogens with zero attached hydrogens (tertiary/aromatic N) is 2. The lowest BCUT2D eigenvalue weighted by atomic mass is 9.99. The molecule has 0 saturated carbocycles. The summed E-state index contributed by atoms with van der Waals surface area (Å²) in [7, 11) is 0. The van der Waals surface area contributed by atoms with E-state index in [9.17, 15) is 4.79 Å². The number of rotatable bonds is 9. The fourth-order valence-corrected chi connectivity index (χ4v) is 3.22. The van der Waals surface area contributed by atoms with Crippen LogP contribution in [-0.2, 0) is 4.74 Å². The van der Waals surface area contributed by atoms with E-state index < -0.39 is 5.97 Å². The zero-order valence-electron chi connectivity index (χ0n) is 18.1. The number of halogens is 1. The predicted octanol–water partition coefficient (Wildman–Crippen LogP) is 3.89. The maximum atomic E-state index is 12.4. The minimum absolute atomic E-state index is 0.0429. The second-order valence-electron chi connectivity index (χ2n) is 7.35. The Morgan fingerprint density at radius 3 is 2.68 bits per heavy atom. The highest BCUT2D eigenvalue weighted by Crippen LogP contribution is 2.22. The molecule has 4 N–H and O–H groups in total. The number of ether oxygens (including phenoxy) is 1. The van der Waals surface area contributed by atoms with Crippen LogP contribution < -0.4 is 11.1 Å². The molecule has 1 unspecified atom stereocenters. The van der Waals surface area contributed by atoms with Gasteiger partial charge in [-0.05, 0) is 44.7 Å². The summed E-state index contributed by atoms with van der Waals surface area (Å²) in [6.45, 7) is 6.47. The lowest BCUT2D eigenvalue weighted by Gasteiger charge is -2.15. The first kappa shape index (κ1) is 24.4. The smallest absolute Gasteiger partial charge is 0.339 e. The molecule has 0 bridgehead atoms. The zero-order chi connectivity index (χ0) is 22.8. The number of nitrogens with two attached hydrogens (primary N) is 1. The standard InChI is InChI=1S/C23H29ClN4O3/c1-4-16(12-14-29)11-13-26-21-19(20(24)27-23(25)28-21)10-9-17-7-5-6-8-18(17)22(30)31-15(2)3/h5-8,15-16,29H,4,11-14H2,1-3H3,(H3,25,26,27,28). The fourth-order valence-electron chi connectivity index (χ4n) is 3.00. The van der Waals surface area contributed by atoms with Crippen molar-refractivity contribution in [1.82, 2.24) is 9.97 Å². The first-order valence-corrected chi connectivity index (χ1v) is 10.7. The molecule has 0 radical (unpaired) electrons. The molecule has 1 aromatic carbocycles.